The van der Waals surface area contributed by atoms with Crippen LogP contribution in [0.2, 0.25) is 0 Å². The van der Waals surface area contributed by atoms with Crippen LogP contribution in [-0.2, 0) is 10.3 Å². The minimum absolute atomic E-state index is 0.351. The molecule has 21 heavy (non-hydrogen) atoms. The molecule has 1 atom stereocenters. The summed E-state index contributed by atoms with van der Waals surface area (Å²) in [5.41, 5.74) is 7.46. The first-order valence-electron chi connectivity index (χ1n) is 6.62. The van der Waals surface area contributed by atoms with Gasteiger partial charge in [-0.1, -0.05) is 42.5 Å². The second kappa shape index (κ2) is 5.78. The van der Waals surface area contributed by atoms with Crippen molar-refractivity contribution in [1.29, 1.82) is 5.26 Å². The molecule has 0 radical (unpaired) electrons. The standard InChI is InChI=1S/C17H17N3O/c1-12-7-6-10-15(14(12)11-18)20-16(21)17(2,19)13-8-4-3-5-9-13/h3-10H,19H2,1-2H3,(H,20,21). The minimum atomic E-state index is -1.17. The number of hydrogen-bond acceptors (Lipinski definition) is 3. The first-order chi connectivity index (χ1) is 9.96. The number of carbonyl (C=O) groups excluding carboxylic acids is 1. The zero-order valence-electron chi connectivity index (χ0n) is 12.1. The normalized spacial score (nSPS) is 13.0. The molecule has 4 heteroatoms. The Morgan fingerprint density at radius 1 is 1.19 bits per heavy atom. The first kappa shape index (κ1) is 14.8. The van der Waals surface area contributed by atoms with Gasteiger partial charge in [-0.25, -0.2) is 0 Å². The highest BCUT2D eigenvalue weighted by Crippen LogP contribution is 2.23. The molecule has 1 amide bonds. The van der Waals surface area contributed by atoms with Crippen molar-refractivity contribution in [3.05, 3.63) is 65.2 Å². The fourth-order valence-corrected chi connectivity index (χ4v) is 2.09. The molecule has 106 valence electrons. The van der Waals surface area contributed by atoms with E-state index in [1.807, 2.05) is 31.2 Å². The molecule has 1 unspecified atom stereocenters. The quantitative estimate of drug-likeness (QED) is 0.906. The number of rotatable bonds is 3. The summed E-state index contributed by atoms with van der Waals surface area (Å²) in [6.07, 6.45) is 0. The molecule has 0 aliphatic carbocycles. The third-order valence-corrected chi connectivity index (χ3v) is 3.48. The second-order valence-corrected chi connectivity index (χ2v) is 5.13. The van der Waals surface area contributed by atoms with Crippen LogP contribution in [0.5, 0.6) is 0 Å². The Kier molecular flexibility index (Phi) is 4.06. The van der Waals surface area contributed by atoms with Crippen molar-refractivity contribution < 1.29 is 4.79 Å². The number of anilines is 1. The molecule has 0 aliphatic heterocycles. The van der Waals surface area contributed by atoms with Gasteiger partial charge >= 0.3 is 0 Å². The Labute approximate surface area is 124 Å². The molecule has 2 aromatic rings. The van der Waals surface area contributed by atoms with Crippen molar-refractivity contribution in [2.75, 3.05) is 5.32 Å². The van der Waals surface area contributed by atoms with Gasteiger partial charge in [-0.05, 0) is 31.0 Å². The lowest BCUT2D eigenvalue weighted by atomic mass is 9.92. The third kappa shape index (κ3) is 2.93. The van der Waals surface area contributed by atoms with Crippen LogP contribution in [0, 0.1) is 18.3 Å². The molecule has 0 saturated heterocycles. The number of carbonyl (C=O) groups is 1. The smallest absolute Gasteiger partial charge is 0.248 e. The Balaban J connectivity index is 2.31. The van der Waals surface area contributed by atoms with E-state index in [1.54, 1.807) is 31.2 Å². The van der Waals surface area contributed by atoms with E-state index >= 15 is 0 Å². The Morgan fingerprint density at radius 2 is 1.86 bits per heavy atom. The van der Waals surface area contributed by atoms with Crippen LogP contribution < -0.4 is 11.1 Å². The lowest BCUT2D eigenvalue weighted by molar-refractivity contribution is -0.120. The largest absolute Gasteiger partial charge is 0.323 e. The number of hydrogen-bond donors (Lipinski definition) is 2. The highest BCUT2D eigenvalue weighted by atomic mass is 16.2. The number of nitriles is 1. The van der Waals surface area contributed by atoms with Gasteiger partial charge in [0.25, 0.3) is 0 Å². The number of nitrogens with zero attached hydrogens (tertiary/aromatic N) is 1. The van der Waals surface area contributed by atoms with Crippen molar-refractivity contribution in [3.63, 3.8) is 0 Å². The van der Waals surface area contributed by atoms with Crippen molar-refractivity contribution in [1.82, 2.24) is 0 Å². The molecule has 2 rings (SSSR count). The summed E-state index contributed by atoms with van der Waals surface area (Å²) in [5, 5.41) is 12.0. The molecular formula is C17H17N3O. The second-order valence-electron chi connectivity index (χ2n) is 5.13. The zero-order chi connectivity index (χ0) is 15.5. The Morgan fingerprint density at radius 3 is 2.48 bits per heavy atom. The molecule has 0 spiro atoms. The first-order valence-corrected chi connectivity index (χ1v) is 6.62. The topological polar surface area (TPSA) is 78.9 Å². The number of amides is 1. The van der Waals surface area contributed by atoms with E-state index in [9.17, 15) is 10.1 Å². The highest BCUT2D eigenvalue weighted by molar-refractivity contribution is 5.99. The summed E-state index contributed by atoms with van der Waals surface area (Å²) in [6, 6.07) is 16.6. The number of benzene rings is 2. The van der Waals surface area contributed by atoms with E-state index in [0.717, 1.165) is 5.56 Å². The molecule has 0 aromatic heterocycles. The summed E-state index contributed by atoms with van der Waals surface area (Å²) < 4.78 is 0. The van der Waals surface area contributed by atoms with Crippen LogP contribution >= 0.6 is 0 Å². The molecule has 0 fully saturated rings. The van der Waals surface area contributed by atoms with Crippen LogP contribution in [0.25, 0.3) is 0 Å². The van der Waals surface area contributed by atoms with E-state index in [0.29, 0.717) is 16.8 Å². The summed E-state index contributed by atoms with van der Waals surface area (Å²) in [6.45, 7) is 3.48. The molecule has 3 N–H and O–H groups in total. The van der Waals surface area contributed by atoms with E-state index in [2.05, 4.69) is 11.4 Å². The SMILES string of the molecule is Cc1cccc(NC(=O)C(C)(N)c2ccccc2)c1C#N. The van der Waals surface area contributed by atoms with Crippen LogP contribution in [-0.4, -0.2) is 5.91 Å². The molecule has 4 nitrogen and oxygen atoms in total. The lowest BCUT2D eigenvalue weighted by Gasteiger charge is -2.24. The van der Waals surface area contributed by atoms with Crippen LogP contribution in [0.4, 0.5) is 5.69 Å². The van der Waals surface area contributed by atoms with Gasteiger partial charge in [0, 0.05) is 0 Å². The average molecular weight is 279 g/mol. The van der Waals surface area contributed by atoms with E-state index in [-0.39, 0.29) is 5.91 Å². The van der Waals surface area contributed by atoms with Crippen molar-refractivity contribution in [2.24, 2.45) is 5.73 Å². The summed E-state index contributed by atoms with van der Waals surface area (Å²) in [5.74, 6) is -0.351. The van der Waals surface area contributed by atoms with E-state index < -0.39 is 5.54 Å². The zero-order valence-corrected chi connectivity index (χ0v) is 12.1. The van der Waals surface area contributed by atoms with Gasteiger partial charge in [-0.3, -0.25) is 4.79 Å². The van der Waals surface area contributed by atoms with Gasteiger partial charge in [-0.2, -0.15) is 5.26 Å². The Hall–Kier alpha value is -2.64. The van der Waals surface area contributed by atoms with Crippen molar-refractivity contribution in [2.45, 2.75) is 19.4 Å². The Bertz CT molecular complexity index is 700. The van der Waals surface area contributed by atoms with Gasteiger partial charge in [-0.15, -0.1) is 0 Å². The predicted octanol–water partition coefficient (Wildman–Crippen LogP) is 2.68. The predicted molar refractivity (Wildman–Crippen MR) is 82.5 cm³/mol. The fraction of sp³-hybridized carbons (Fsp3) is 0.176. The summed E-state index contributed by atoms with van der Waals surface area (Å²) >= 11 is 0. The molecular weight excluding hydrogens is 262 g/mol. The van der Waals surface area contributed by atoms with Gasteiger partial charge in [0.15, 0.2) is 0 Å². The van der Waals surface area contributed by atoms with Crippen molar-refractivity contribution in [3.8, 4) is 6.07 Å². The van der Waals surface area contributed by atoms with Gasteiger partial charge in [0.2, 0.25) is 5.91 Å². The van der Waals surface area contributed by atoms with Gasteiger partial charge in [0.1, 0.15) is 11.6 Å². The summed E-state index contributed by atoms with van der Waals surface area (Å²) in [4.78, 5) is 12.5. The number of nitrogens with two attached hydrogens (primary N) is 1. The molecule has 0 bridgehead atoms. The van der Waals surface area contributed by atoms with Gasteiger partial charge in [0.05, 0.1) is 11.3 Å². The van der Waals surface area contributed by atoms with Gasteiger partial charge < -0.3 is 11.1 Å². The maximum Gasteiger partial charge on any atom is 0.248 e. The highest BCUT2D eigenvalue weighted by Gasteiger charge is 2.30. The van der Waals surface area contributed by atoms with E-state index in [1.165, 1.54) is 0 Å². The number of aryl methyl sites for hydroxylation is 1. The number of nitrogens with one attached hydrogen (secondary N) is 1. The molecule has 0 heterocycles. The maximum atomic E-state index is 12.5. The maximum absolute atomic E-state index is 12.5. The average Bonchev–Trinajstić information content (AvgIpc) is 2.48. The van der Waals surface area contributed by atoms with E-state index in [4.69, 9.17) is 5.73 Å². The monoisotopic (exact) mass is 279 g/mol. The molecule has 0 saturated carbocycles. The van der Waals surface area contributed by atoms with Crippen LogP contribution in [0.1, 0.15) is 23.6 Å². The third-order valence-electron chi connectivity index (χ3n) is 3.48. The summed E-state index contributed by atoms with van der Waals surface area (Å²) in [7, 11) is 0. The molecule has 0 aliphatic rings. The van der Waals surface area contributed by atoms with Crippen LogP contribution in [0.15, 0.2) is 48.5 Å². The van der Waals surface area contributed by atoms with Crippen LogP contribution in [0.3, 0.4) is 0 Å². The molecule has 2 aromatic carbocycles. The minimum Gasteiger partial charge on any atom is -0.323 e. The van der Waals surface area contributed by atoms with Crippen molar-refractivity contribution >= 4 is 11.6 Å². The lowest BCUT2D eigenvalue weighted by Crippen LogP contribution is -2.45. The fourth-order valence-electron chi connectivity index (χ4n) is 2.09.